The maximum absolute atomic E-state index is 0. The summed E-state index contributed by atoms with van der Waals surface area (Å²) in [4.78, 5) is 0. The Balaban J connectivity index is 0. The van der Waals surface area contributed by atoms with Crippen molar-refractivity contribution in [2.45, 2.75) is 0 Å². The fourth-order valence-corrected chi connectivity index (χ4v) is 0. The van der Waals surface area contributed by atoms with Crippen LogP contribution in [0.2, 0.25) is 0 Å². The zero-order chi connectivity index (χ0) is 0. The van der Waals surface area contributed by atoms with Crippen LogP contribution in [0.5, 0.6) is 0 Å². The van der Waals surface area contributed by atoms with Crippen molar-refractivity contribution in [1.82, 2.24) is 0 Å². The van der Waals surface area contributed by atoms with E-state index in [1.807, 2.05) is 0 Å². The van der Waals surface area contributed by atoms with Gasteiger partial charge in [0.05, 0.1) is 0 Å². The Morgan fingerprint density at radius 3 is 0.750 bits per heavy atom. The number of hydrogen-bond acceptors (Lipinski definition) is 0. The van der Waals surface area contributed by atoms with E-state index in [-0.39, 0.29) is 123 Å². The second-order valence-electron chi connectivity index (χ2n) is 0. The van der Waals surface area contributed by atoms with E-state index in [0.29, 0.717) is 0 Å². The molecule has 0 aromatic rings. The molecule has 0 aromatic heterocycles. The molecular weight excluding hydrogens is 326 g/mol. The minimum Gasteiger partial charge on any atom is -1.00 e. The largest absolute Gasteiger partial charge is 2.00 e. The Kier molecular flexibility index (Phi) is 97.4. The van der Waals surface area contributed by atoms with E-state index in [0.717, 1.165) is 0 Å². The van der Waals surface area contributed by atoms with Crippen LogP contribution in [0.1, 0.15) is 5.71 Å². The zero-order valence-electron chi connectivity index (χ0n) is 6.57. The molecule has 0 heterocycles. The summed E-state index contributed by atoms with van der Waals surface area (Å²) in [5.41, 5.74) is 0. The van der Waals surface area contributed by atoms with Gasteiger partial charge in [0.1, 0.15) is 0 Å². The van der Waals surface area contributed by atoms with Crippen molar-refractivity contribution in [1.29, 1.82) is 0 Å². The van der Waals surface area contributed by atoms with Crippen molar-refractivity contribution >= 4 is 46.1 Å². The van der Waals surface area contributed by atoms with Crippen LogP contribution in [0.4, 0.5) is 0 Å². The Hall–Kier alpha value is 3.92. The average molecular weight is 330 g/mol. The van der Waals surface area contributed by atoms with Gasteiger partial charge in [0.15, 0.2) is 0 Å². The first kappa shape index (κ1) is 24.7. The average Bonchev–Trinajstić information content (AvgIpc) is 0. The van der Waals surface area contributed by atoms with Gasteiger partial charge in [-0.15, -0.1) is 0 Å². The van der Waals surface area contributed by atoms with Gasteiger partial charge < -0.3 is 5.71 Å². The molecule has 0 aliphatic carbocycles. The standard InChI is InChI=1S/2La.2Mg.4H/q;;2*+2;4*-1. The molecule has 0 aliphatic rings. The van der Waals surface area contributed by atoms with Crippen molar-refractivity contribution in [2.75, 3.05) is 0 Å². The van der Waals surface area contributed by atoms with E-state index in [1.165, 1.54) is 0 Å². The third-order valence-electron chi connectivity index (χ3n) is 0. The normalized spacial score (nSPS) is 0. The molecule has 0 bridgehead atoms. The summed E-state index contributed by atoms with van der Waals surface area (Å²) in [6.07, 6.45) is 0. The monoisotopic (exact) mass is 330 g/mol. The minimum absolute atomic E-state index is 0. The molecule has 0 unspecified atom stereocenters. The van der Waals surface area contributed by atoms with Crippen LogP contribution < -0.4 is 0 Å². The van der Waals surface area contributed by atoms with Gasteiger partial charge in [-0.05, 0) is 0 Å². The van der Waals surface area contributed by atoms with E-state index < -0.39 is 0 Å². The van der Waals surface area contributed by atoms with Crippen molar-refractivity contribution in [3.63, 3.8) is 0 Å². The summed E-state index contributed by atoms with van der Waals surface area (Å²) in [7, 11) is 0. The van der Waals surface area contributed by atoms with E-state index in [9.17, 15) is 0 Å². The maximum Gasteiger partial charge on any atom is 2.00 e. The summed E-state index contributed by atoms with van der Waals surface area (Å²) in [6, 6.07) is 0. The second kappa shape index (κ2) is 15.8. The third kappa shape index (κ3) is 9.33. The second-order valence-corrected chi connectivity index (χ2v) is 0. The van der Waals surface area contributed by atoms with Gasteiger partial charge in [-0.3, -0.25) is 0 Å². The van der Waals surface area contributed by atoms with Gasteiger partial charge in [0.2, 0.25) is 0 Å². The quantitative estimate of drug-likeness (QED) is 0.535. The molecule has 0 N–H and O–H groups in total. The Labute approximate surface area is 120 Å². The van der Waals surface area contributed by atoms with Crippen LogP contribution >= 0.6 is 0 Å². The SMILES string of the molecule is [H-].[H-].[H-].[H-].[La].[La].[Mg+2].[Mg+2]. The Bertz CT molecular complexity index is 12.0. The first-order chi connectivity index (χ1) is 0. The molecule has 0 aromatic carbocycles. The Morgan fingerprint density at radius 2 is 0.750 bits per heavy atom. The molecule has 0 aliphatic heterocycles. The molecule has 4 heavy (non-hydrogen) atoms. The van der Waals surface area contributed by atoms with E-state index in [2.05, 4.69) is 0 Å². The van der Waals surface area contributed by atoms with E-state index in [1.54, 1.807) is 0 Å². The van der Waals surface area contributed by atoms with Crippen LogP contribution in [0.15, 0.2) is 0 Å². The molecule has 0 rings (SSSR count). The van der Waals surface area contributed by atoms with Crippen LogP contribution in [0.3, 0.4) is 0 Å². The van der Waals surface area contributed by atoms with Crippen molar-refractivity contribution in [2.24, 2.45) is 0 Å². The summed E-state index contributed by atoms with van der Waals surface area (Å²) in [6.45, 7) is 0. The third-order valence-corrected chi connectivity index (χ3v) is 0. The predicted octanol–water partition coefficient (Wildman–Crippen LogP) is -0.312. The predicted molar refractivity (Wildman–Crippen MR) is 16.0 cm³/mol. The van der Waals surface area contributed by atoms with E-state index >= 15 is 0 Å². The molecule has 14 valence electrons. The summed E-state index contributed by atoms with van der Waals surface area (Å²) < 4.78 is 0. The van der Waals surface area contributed by atoms with E-state index in [4.69, 9.17) is 0 Å². The molecule has 0 saturated heterocycles. The van der Waals surface area contributed by atoms with Gasteiger partial charge in [0, 0.05) is 71.2 Å². The van der Waals surface area contributed by atoms with Gasteiger partial charge in [-0.25, -0.2) is 0 Å². The molecular formula is H4La2Mg2. The molecule has 0 spiro atoms. The van der Waals surface area contributed by atoms with Crippen LogP contribution in [-0.2, 0) is 0 Å². The van der Waals surface area contributed by atoms with Crippen LogP contribution in [-0.4, -0.2) is 46.1 Å². The van der Waals surface area contributed by atoms with Crippen LogP contribution in [0.25, 0.3) is 0 Å². The minimum atomic E-state index is 0. The fraction of sp³-hybridized carbons (Fsp3) is 0. The molecule has 0 atom stereocenters. The molecule has 2 radical (unpaired) electrons. The van der Waals surface area contributed by atoms with Gasteiger partial charge in [-0.1, -0.05) is 0 Å². The maximum atomic E-state index is 0. The summed E-state index contributed by atoms with van der Waals surface area (Å²) in [5.74, 6) is 0. The van der Waals surface area contributed by atoms with Gasteiger partial charge in [-0.2, -0.15) is 0 Å². The van der Waals surface area contributed by atoms with Crippen LogP contribution in [0, 0.1) is 71.2 Å². The first-order valence-corrected chi connectivity index (χ1v) is 0. The molecule has 0 fully saturated rings. The first-order valence-electron chi connectivity index (χ1n) is 0. The molecule has 0 nitrogen and oxygen atoms in total. The zero-order valence-corrected chi connectivity index (χ0v) is 12.6. The smallest absolute Gasteiger partial charge is 1.00 e. The summed E-state index contributed by atoms with van der Waals surface area (Å²) in [5, 5.41) is 0. The molecule has 0 saturated carbocycles. The number of hydrogen-bond donors (Lipinski definition) is 0. The summed E-state index contributed by atoms with van der Waals surface area (Å²) >= 11 is 0. The molecule has 4 heteroatoms. The van der Waals surface area contributed by atoms with Crippen molar-refractivity contribution < 1.29 is 76.9 Å². The fourth-order valence-electron chi connectivity index (χ4n) is 0. The van der Waals surface area contributed by atoms with Crippen molar-refractivity contribution in [3.8, 4) is 0 Å². The van der Waals surface area contributed by atoms with Gasteiger partial charge in [0.25, 0.3) is 0 Å². The number of rotatable bonds is 0. The van der Waals surface area contributed by atoms with Crippen molar-refractivity contribution in [3.05, 3.63) is 0 Å². The Morgan fingerprint density at radius 1 is 0.750 bits per heavy atom. The molecule has 0 amide bonds. The topological polar surface area (TPSA) is 0 Å². The van der Waals surface area contributed by atoms with Gasteiger partial charge >= 0.3 is 46.1 Å².